The molecule has 0 aliphatic heterocycles. The van der Waals surface area contributed by atoms with Gasteiger partial charge < -0.3 is 5.32 Å². The first-order chi connectivity index (χ1) is 8.73. The van der Waals surface area contributed by atoms with E-state index in [-0.39, 0.29) is 22.7 Å². The van der Waals surface area contributed by atoms with Crippen LogP contribution in [0.25, 0.3) is 0 Å². The van der Waals surface area contributed by atoms with Gasteiger partial charge in [-0.05, 0) is 36.3 Å². The van der Waals surface area contributed by atoms with Crippen molar-refractivity contribution in [2.24, 2.45) is 16.7 Å². The van der Waals surface area contributed by atoms with Crippen LogP contribution in [0.15, 0.2) is 18.2 Å². The molecule has 19 heavy (non-hydrogen) atoms. The van der Waals surface area contributed by atoms with Crippen molar-refractivity contribution < 1.29 is 4.39 Å². The summed E-state index contributed by atoms with van der Waals surface area (Å²) in [7, 11) is 0. The summed E-state index contributed by atoms with van der Waals surface area (Å²) < 4.78 is 14.2. The predicted molar refractivity (Wildman–Crippen MR) is 78.6 cm³/mol. The van der Waals surface area contributed by atoms with E-state index in [0.717, 1.165) is 17.7 Å². The first kappa shape index (κ1) is 14.5. The van der Waals surface area contributed by atoms with Gasteiger partial charge in [-0.3, -0.25) is 0 Å². The Bertz CT molecular complexity index is 462. The van der Waals surface area contributed by atoms with Gasteiger partial charge in [-0.1, -0.05) is 52.3 Å². The van der Waals surface area contributed by atoms with E-state index in [4.69, 9.17) is 0 Å². The first-order valence-corrected chi connectivity index (χ1v) is 7.23. The molecule has 1 nitrogen and oxygen atoms in total. The molecule has 2 heteroatoms. The fourth-order valence-electron chi connectivity index (χ4n) is 3.61. The number of rotatable bonds is 4. The smallest absolute Gasteiger partial charge is 0.128 e. The summed E-state index contributed by atoms with van der Waals surface area (Å²) in [5, 5.41) is 3.50. The minimum absolute atomic E-state index is 0.0879. The molecule has 0 amide bonds. The average molecular weight is 263 g/mol. The standard InChI is InChI=1S/C17H26FN/c1-7-19-14(15-16(3,4)17(15,5)6)12-10-11(2)8-9-13(12)18/h8-10,14-15,19H,7H2,1-6H3. The topological polar surface area (TPSA) is 12.0 Å². The lowest BCUT2D eigenvalue weighted by atomic mass is 9.94. The Hall–Kier alpha value is -0.890. The number of hydrogen-bond acceptors (Lipinski definition) is 1. The summed E-state index contributed by atoms with van der Waals surface area (Å²) in [6, 6.07) is 5.53. The van der Waals surface area contributed by atoms with Crippen LogP contribution in [-0.2, 0) is 0 Å². The lowest BCUT2D eigenvalue weighted by molar-refractivity contribution is 0.403. The second-order valence-corrected chi connectivity index (χ2v) is 6.98. The minimum Gasteiger partial charge on any atom is -0.310 e. The summed E-state index contributed by atoms with van der Waals surface area (Å²) in [4.78, 5) is 0. The SMILES string of the molecule is CCNC(c1cc(C)ccc1F)C1C(C)(C)C1(C)C. The van der Waals surface area contributed by atoms with Crippen molar-refractivity contribution in [3.8, 4) is 0 Å². The van der Waals surface area contributed by atoms with Crippen LogP contribution in [0.4, 0.5) is 4.39 Å². The van der Waals surface area contributed by atoms with E-state index < -0.39 is 0 Å². The molecule has 1 fully saturated rings. The normalized spacial score (nSPS) is 22.3. The number of hydrogen-bond donors (Lipinski definition) is 1. The van der Waals surface area contributed by atoms with Gasteiger partial charge in [0.05, 0.1) is 0 Å². The zero-order chi connectivity index (χ0) is 14.4. The van der Waals surface area contributed by atoms with Crippen molar-refractivity contribution in [3.63, 3.8) is 0 Å². The van der Waals surface area contributed by atoms with Crippen molar-refractivity contribution in [3.05, 3.63) is 35.1 Å². The van der Waals surface area contributed by atoms with Gasteiger partial charge in [-0.15, -0.1) is 0 Å². The molecule has 1 aromatic carbocycles. The molecule has 1 atom stereocenters. The highest BCUT2D eigenvalue weighted by Crippen LogP contribution is 2.72. The maximum atomic E-state index is 14.2. The Kier molecular flexibility index (Phi) is 3.51. The monoisotopic (exact) mass is 263 g/mol. The highest BCUT2D eigenvalue weighted by Gasteiger charge is 2.67. The van der Waals surface area contributed by atoms with Crippen LogP contribution in [0.3, 0.4) is 0 Å². The predicted octanol–water partition coefficient (Wildman–Crippen LogP) is 4.47. The van der Waals surface area contributed by atoms with Gasteiger partial charge in [-0.25, -0.2) is 4.39 Å². The molecular formula is C17H26FN. The number of halogens is 1. The molecule has 106 valence electrons. The van der Waals surface area contributed by atoms with E-state index in [1.54, 1.807) is 6.07 Å². The van der Waals surface area contributed by atoms with E-state index in [9.17, 15) is 4.39 Å². The molecule has 1 aliphatic rings. The van der Waals surface area contributed by atoms with Crippen LogP contribution >= 0.6 is 0 Å². The van der Waals surface area contributed by atoms with Crippen molar-refractivity contribution in [1.82, 2.24) is 5.32 Å². The zero-order valence-electron chi connectivity index (χ0n) is 13.0. The molecule has 1 aliphatic carbocycles. The molecule has 1 N–H and O–H groups in total. The van der Waals surface area contributed by atoms with E-state index in [0.29, 0.717) is 5.92 Å². The van der Waals surface area contributed by atoms with Gasteiger partial charge in [0.25, 0.3) is 0 Å². The molecule has 1 unspecified atom stereocenters. The van der Waals surface area contributed by atoms with Crippen LogP contribution in [-0.4, -0.2) is 6.54 Å². The molecule has 0 heterocycles. The van der Waals surface area contributed by atoms with Gasteiger partial charge in [0, 0.05) is 11.6 Å². The van der Waals surface area contributed by atoms with Crippen LogP contribution in [0.2, 0.25) is 0 Å². The average Bonchev–Trinajstić information content (AvgIpc) is 2.71. The Labute approximate surface area is 116 Å². The van der Waals surface area contributed by atoms with Gasteiger partial charge in [0.15, 0.2) is 0 Å². The molecular weight excluding hydrogens is 237 g/mol. The summed E-state index contributed by atoms with van der Waals surface area (Å²) in [6.45, 7) is 14.1. The van der Waals surface area contributed by atoms with Crippen LogP contribution in [0, 0.1) is 29.5 Å². The zero-order valence-corrected chi connectivity index (χ0v) is 13.0. The fourth-order valence-corrected chi connectivity index (χ4v) is 3.61. The van der Waals surface area contributed by atoms with Gasteiger partial charge in [-0.2, -0.15) is 0 Å². The Morgan fingerprint density at radius 2 is 1.79 bits per heavy atom. The molecule has 0 spiro atoms. The summed E-state index contributed by atoms with van der Waals surface area (Å²) >= 11 is 0. The lowest BCUT2D eigenvalue weighted by Crippen LogP contribution is -2.26. The third-order valence-electron chi connectivity index (χ3n) is 5.38. The summed E-state index contributed by atoms with van der Waals surface area (Å²) in [6.07, 6.45) is 0. The van der Waals surface area contributed by atoms with E-state index in [1.807, 2.05) is 19.1 Å². The molecule has 0 radical (unpaired) electrons. The summed E-state index contributed by atoms with van der Waals surface area (Å²) in [5.41, 5.74) is 2.44. The highest BCUT2D eigenvalue weighted by atomic mass is 19.1. The van der Waals surface area contributed by atoms with Gasteiger partial charge in [0.2, 0.25) is 0 Å². The van der Waals surface area contributed by atoms with Crippen molar-refractivity contribution in [1.29, 1.82) is 0 Å². The quantitative estimate of drug-likeness (QED) is 0.845. The van der Waals surface area contributed by atoms with E-state index >= 15 is 0 Å². The molecule has 1 aromatic rings. The second-order valence-electron chi connectivity index (χ2n) is 6.98. The molecule has 0 bridgehead atoms. The van der Waals surface area contributed by atoms with Crippen LogP contribution in [0.1, 0.15) is 51.8 Å². The Morgan fingerprint density at radius 3 is 2.26 bits per heavy atom. The molecule has 1 saturated carbocycles. The van der Waals surface area contributed by atoms with E-state index in [1.165, 1.54) is 0 Å². The highest BCUT2D eigenvalue weighted by molar-refractivity contribution is 5.31. The largest absolute Gasteiger partial charge is 0.310 e. The Balaban J connectivity index is 2.40. The first-order valence-electron chi connectivity index (χ1n) is 7.23. The maximum absolute atomic E-state index is 14.2. The van der Waals surface area contributed by atoms with E-state index in [2.05, 4.69) is 39.9 Å². The number of benzene rings is 1. The van der Waals surface area contributed by atoms with Crippen molar-refractivity contribution >= 4 is 0 Å². The second kappa shape index (κ2) is 4.59. The summed E-state index contributed by atoms with van der Waals surface area (Å²) in [5.74, 6) is 0.381. The van der Waals surface area contributed by atoms with Crippen molar-refractivity contribution in [2.45, 2.75) is 47.6 Å². The van der Waals surface area contributed by atoms with Crippen LogP contribution < -0.4 is 5.32 Å². The van der Waals surface area contributed by atoms with Crippen molar-refractivity contribution in [2.75, 3.05) is 6.54 Å². The van der Waals surface area contributed by atoms with Gasteiger partial charge >= 0.3 is 0 Å². The Morgan fingerprint density at radius 1 is 1.21 bits per heavy atom. The number of aryl methyl sites for hydroxylation is 1. The third kappa shape index (κ3) is 2.20. The third-order valence-corrected chi connectivity index (χ3v) is 5.38. The number of nitrogens with one attached hydrogen (secondary N) is 1. The molecule has 0 saturated heterocycles. The molecule has 0 aromatic heterocycles. The fraction of sp³-hybridized carbons (Fsp3) is 0.647. The van der Waals surface area contributed by atoms with Crippen LogP contribution in [0.5, 0.6) is 0 Å². The lowest BCUT2D eigenvalue weighted by Gasteiger charge is -2.22. The molecule has 2 rings (SSSR count). The van der Waals surface area contributed by atoms with Gasteiger partial charge in [0.1, 0.15) is 5.82 Å². The maximum Gasteiger partial charge on any atom is 0.128 e. The minimum atomic E-state index is -0.0879.